The summed E-state index contributed by atoms with van der Waals surface area (Å²) >= 11 is 1.92. The van der Waals surface area contributed by atoms with Gasteiger partial charge in [0, 0.05) is 42.0 Å². The maximum atomic E-state index is 8.95. The van der Waals surface area contributed by atoms with Crippen LogP contribution in [0.25, 0.3) is 5.57 Å². The maximum absolute atomic E-state index is 8.95. The van der Waals surface area contributed by atoms with Gasteiger partial charge in [0.25, 0.3) is 0 Å². The molecule has 23 heavy (non-hydrogen) atoms. The van der Waals surface area contributed by atoms with Crippen LogP contribution in [0.5, 0.6) is 0 Å². The predicted octanol–water partition coefficient (Wildman–Crippen LogP) is 2.76. The summed E-state index contributed by atoms with van der Waals surface area (Å²) in [6, 6.07) is 10.6. The molecule has 2 aromatic rings. The summed E-state index contributed by atoms with van der Waals surface area (Å²) in [5, 5.41) is 13.2. The fourth-order valence-electron chi connectivity index (χ4n) is 2.74. The summed E-state index contributed by atoms with van der Waals surface area (Å²) in [6.45, 7) is 3.93. The molecule has 5 heteroatoms. The minimum atomic E-state index is 0.132. The summed E-state index contributed by atoms with van der Waals surface area (Å²) in [5.41, 5.74) is 2.57. The Hall–Kier alpha value is -1.56. The molecule has 1 aliphatic rings. The van der Waals surface area contributed by atoms with E-state index in [2.05, 4.69) is 46.4 Å². The molecule has 2 heterocycles. The summed E-state index contributed by atoms with van der Waals surface area (Å²) < 4.78 is 1.80. The third kappa shape index (κ3) is 4.70. The first-order chi connectivity index (χ1) is 11.3. The zero-order chi connectivity index (χ0) is 15.9. The highest BCUT2D eigenvalue weighted by atomic mass is 32.2. The lowest BCUT2D eigenvalue weighted by Crippen LogP contribution is -2.30. The number of rotatable bonds is 7. The zero-order valence-electron chi connectivity index (χ0n) is 13.3. The first kappa shape index (κ1) is 16.3. The van der Waals surface area contributed by atoms with E-state index in [1.54, 1.807) is 4.68 Å². The van der Waals surface area contributed by atoms with E-state index in [1.165, 1.54) is 16.0 Å². The number of nitrogens with zero attached hydrogens (tertiary/aromatic N) is 3. The van der Waals surface area contributed by atoms with Crippen LogP contribution in [0.2, 0.25) is 0 Å². The monoisotopic (exact) mass is 329 g/mol. The largest absolute Gasteiger partial charge is 0.394 e. The first-order valence-corrected chi connectivity index (χ1v) is 9.06. The molecule has 0 saturated heterocycles. The molecular formula is C18H23N3OS. The maximum Gasteiger partial charge on any atom is 0.0641 e. The third-order valence-electron chi connectivity index (χ3n) is 4.05. The molecular weight excluding hydrogens is 306 g/mol. The van der Waals surface area contributed by atoms with E-state index in [1.807, 2.05) is 24.2 Å². The molecule has 0 spiro atoms. The SMILES string of the molecule is OCCn1cc(C2=CCN(CCSc3ccccc3)CC2)cn1. The Morgan fingerprint density at radius 2 is 2.04 bits per heavy atom. The number of aromatic nitrogens is 2. The molecule has 0 atom stereocenters. The van der Waals surface area contributed by atoms with Gasteiger partial charge in [-0.05, 0) is 24.1 Å². The van der Waals surface area contributed by atoms with Crippen LogP contribution in [-0.2, 0) is 6.54 Å². The normalized spacial score (nSPS) is 15.6. The number of benzene rings is 1. The smallest absolute Gasteiger partial charge is 0.0641 e. The van der Waals surface area contributed by atoms with Gasteiger partial charge in [0.1, 0.15) is 0 Å². The number of thioether (sulfide) groups is 1. The molecule has 0 saturated carbocycles. The molecule has 1 aliphatic heterocycles. The third-order valence-corrected chi connectivity index (χ3v) is 5.04. The van der Waals surface area contributed by atoms with Crippen LogP contribution in [0, 0.1) is 0 Å². The molecule has 1 aromatic carbocycles. The first-order valence-electron chi connectivity index (χ1n) is 8.08. The molecule has 3 rings (SSSR count). The molecule has 0 radical (unpaired) electrons. The highest BCUT2D eigenvalue weighted by molar-refractivity contribution is 7.99. The number of hydrogen-bond donors (Lipinski definition) is 1. The summed E-state index contributed by atoms with van der Waals surface area (Å²) in [5.74, 6) is 1.13. The molecule has 0 bridgehead atoms. The van der Waals surface area contributed by atoms with Gasteiger partial charge in [0.05, 0.1) is 19.3 Å². The molecule has 1 aromatic heterocycles. The van der Waals surface area contributed by atoms with Gasteiger partial charge < -0.3 is 5.11 Å². The Kier molecular flexibility index (Phi) is 5.91. The highest BCUT2D eigenvalue weighted by Gasteiger charge is 2.14. The van der Waals surface area contributed by atoms with Crippen molar-refractivity contribution in [3.05, 3.63) is 54.4 Å². The van der Waals surface area contributed by atoms with Crippen LogP contribution in [0.4, 0.5) is 0 Å². The lowest BCUT2D eigenvalue weighted by Gasteiger charge is -2.25. The van der Waals surface area contributed by atoms with E-state index in [4.69, 9.17) is 5.11 Å². The lowest BCUT2D eigenvalue weighted by atomic mass is 10.0. The number of aliphatic hydroxyl groups is 1. The van der Waals surface area contributed by atoms with Crippen molar-refractivity contribution in [2.24, 2.45) is 0 Å². The van der Waals surface area contributed by atoms with Gasteiger partial charge in [-0.2, -0.15) is 5.10 Å². The van der Waals surface area contributed by atoms with Gasteiger partial charge in [-0.25, -0.2) is 0 Å². The fourth-order valence-corrected chi connectivity index (χ4v) is 3.67. The summed E-state index contributed by atoms with van der Waals surface area (Å²) in [6.07, 6.45) is 7.32. The van der Waals surface area contributed by atoms with Gasteiger partial charge in [0.2, 0.25) is 0 Å². The molecule has 0 amide bonds. The van der Waals surface area contributed by atoms with E-state index >= 15 is 0 Å². The van der Waals surface area contributed by atoms with Crippen molar-refractivity contribution in [3.63, 3.8) is 0 Å². The van der Waals surface area contributed by atoms with E-state index in [-0.39, 0.29) is 6.61 Å². The molecule has 122 valence electrons. The minimum Gasteiger partial charge on any atom is -0.394 e. The van der Waals surface area contributed by atoms with Crippen LogP contribution in [0.3, 0.4) is 0 Å². The zero-order valence-corrected chi connectivity index (χ0v) is 14.1. The van der Waals surface area contributed by atoms with Crippen LogP contribution in [0.15, 0.2) is 53.7 Å². The van der Waals surface area contributed by atoms with E-state index < -0.39 is 0 Å². The van der Waals surface area contributed by atoms with Crippen molar-refractivity contribution in [1.82, 2.24) is 14.7 Å². The van der Waals surface area contributed by atoms with Crippen molar-refractivity contribution in [3.8, 4) is 0 Å². The van der Waals surface area contributed by atoms with E-state index in [0.717, 1.165) is 31.8 Å². The van der Waals surface area contributed by atoms with Gasteiger partial charge in [-0.3, -0.25) is 9.58 Å². The molecule has 0 unspecified atom stereocenters. The lowest BCUT2D eigenvalue weighted by molar-refractivity contribution is 0.269. The van der Waals surface area contributed by atoms with Crippen molar-refractivity contribution in [1.29, 1.82) is 0 Å². The van der Waals surface area contributed by atoms with E-state index in [0.29, 0.717) is 6.54 Å². The number of aliphatic hydroxyl groups excluding tert-OH is 1. The summed E-state index contributed by atoms with van der Waals surface area (Å²) in [4.78, 5) is 3.84. The summed E-state index contributed by atoms with van der Waals surface area (Å²) in [7, 11) is 0. The second kappa shape index (κ2) is 8.34. The average Bonchev–Trinajstić information content (AvgIpc) is 3.06. The van der Waals surface area contributed by atoms with Gasteiger partial charge in [-0.1, -0.05) is 24.3 Å². The van der Waals surface area contributed by atoms with Crippen LogP contribution in [-0.4, -0.2) is 51.8 Å². The van der Waals surface area contributed by atoms with Crippen molar-refractivity contribution in [2.45, 2.75) is 17.9 Å². The Morgan fingerprint density at radius 1 is 1.17 bits per heavy atom. The standard InChI is InChI=1S/C18H23N3OS/c22-12-10-21-15-17(14-19-21)16-6-8-20(9-7-16)11-13-23-18-4-2-1-3-5-18/h1-6,14-15,22H,7-13H2. The Morgan fingerprint density at radius 3 is 2.78 bits per heavy atom. The second-order valence-corrected chi connectivity index (χ2v) is 6.83. The quantitative estimate of drug-likeness (QED) is 0.793. The van der Waals surface area contributed by atoms with Crippen LogP contribution in [0.1, 0.15) is 12.0 Å². The van der Waals surface area contributed by atoms with Crippen molar-refractivity contribution in [2.75, 3.05) is 32.0 Å². The molecule has 1 N–H and O–H groups in total. The minimum absolute atomic E-state index is 0.132. The Labute approximate surface area is 141 Å². The topological polar surface area (TPSA) is 41.3 Å². The van der Waals surface area contributed by atoms with Gasteiger partial charge in [0.15, 0.2) is 0 Å². The highest BCUT2D eigenvalue weighted by Crippen LogP contribution is 2.23. The van der Waals surface area contributed by atoms with E-state index in [9.17, 15) is 0 Å². The van der Waals surface area contributed by atoms with Crippen LogP contribution < -0.4 is 0 Å². The molecule has 4 nitrogen and oxygen atoms in total. The second-order valence-electron chi connectivity index (χ2n) is 5.66. The Bertz CT molecular complexity index is 639. The van der Waals surface area contributed by atoms with Crippen molar-refractivity contribution < 1.29 is 5.11 Å². The Balaban J connectivity index is 1.46. The van der Waals surface area contributed by atoms with Crippen LogP contribution >= 0.6 is 11.8 Å². The number of hydrogen-bond acceptors (Lipinski definition) is 4. The predicted molar refractivity (Wildman–Crippen MR) is 95.5 cm³/mol. The fraction of sp³-hybridized carbons (Fsp3) is 0.389. The molecule has 0 fully saturated rings. The van der Waals surface area contributed by atoms with Crippen molar-refractivity contribution >= 4 is 17.3 Å². The van der Waals surface area contributed by atoms with Gasteiger partial charge in [-0.15, -0.1) is 11.8 Å². The molecule has 0 aliphatic carbocycles. The average molecular weight is 329 g/mol. The van der Waals surface area contributed by atoms with Gasteiger partial charge >= 0.3 is 0 Å².